The van der Waals surface area contributed by atoms with Gasteiger partial charge < -0.3 is 15.5 Å². The Hall–Kier alpha value is -1.40. The van der Waals surface area contributed by atoms with Gasteiger partial charge in [0, 0.05) is 16.2 Å². The highest BCUT2D eigenvalue weighted by molar-refractivity contribution is 9.10. The molecule has 1 aromatic rings. The summed E-state index contributed by atoms with van der Waals surface area (Å²) in [6.45, 7) is 6.58. The Labute approximate surface area is 146 Å². The van der Waals surface area contributed by atoms with Gasteiger partial charge >= 0.3 is 0 Å². The van der Waals surface area contributed by atoms with Crippen LogP contribution in [0.15, 0.2) is 22.7 Å². The molecule has 0 fully saturated rings. The Morgan fingerprint density at radius 1 is 1.26 bits per heavy atom. The zero-order valence-electron chi connectivity index (χ0n) is 14.3. The number of hydrogen-bond acceptors (Lipinski definition) is 2. The number of carbonyl (C=O) groups is 2. The van der Waals surface area contributed by atoms with Crippen molar-refractivity contribution < 1.29 is 14.5 Å². The first-order valence-electron chi connectivity index (χ1n) is 7.98. The van der Waals surface area contributed by atoms with Crippen LogP contribution in [-0.4, -0.2) is 38.0 Å². The molecule has 23 heavy (non-hydrogen) atoms. The van der Waals surface area contributed by atoms with Crippen molar-refractivity contribution in [1.82, 2.24) is 5.32 Å². The predicted octanol–water partition coefficient (Wildman–Crippen LogP) is 1.52. The maximum absolute atomic E-state index is 12.1. The molecule has 0 spiro atoms. The molecule has 0 aliphatic carbocycles. The van der Waals surface area contributed by atoms with E-state index < -0.39 is 0 Å². The number of carbonyl (C=O) groups excluding carboxylic acids is 2. The fraction of sp³-hybridized carbons (Fsp3) is 0.529. The van der Waals surface area contributed by atoms with E-state index in [1.54, 1.807) is 0 Å². The van der Waals surface area contributed by atoms with Crippen molar-refractivity contribution in [3.05, 3.63) is 28.2 Å². The van der Waals surface area contributed by atoms with Crippen molar-refractivity contribution in [3.8, 4) is 0 Å². The van der Waals surface area contributed by atoms with E-state index in [2.05, 4.69) is 33.5 Å². The number of likely N-dealkylation sites (N-methyl/N-ethyl adjacent to an activating group) is 1. The van der Waals surface area contributed by atoms with E-state index >= 15 is 0 Å². The number of amides is 2. The van der Waals surface area contributed by atoms with E-state index in [0.717, 1.165) is 33.5 Å². The molecule has 0 heterocycles. The van der Waals surface area contributed by atoms with Crippen LogP contribution in [0.1, 0.15) is 32.3 Å². The van der Waals surface area contributed by atoms with Gasteiger partial charge in [0.15, 0.2) is 13.1 Å². The fourth-order valence-electron chi connectivity index (χ4n) is 2.40. The SMILES string of the molecule is CCC[C@H](C)NC(=O)C[NH+](C)CC(=O)Nc1ccc(Br)cc1C. The predicted molar refractivity (Wildman–Crippen MR) is 96.6 cm³/mol. The molecule has 0 aliphatic rings. The summed E-state index contributed by atoms with van der Waals surface area (Å²) in [5.41, 5.74) is 1.79. The van der Waals surface area contributed by atoms with Crippen LogP contribution in [-0.2, 0) is 9.59 Å². The Bertz CT molecular complexity index is 549. The van der Waals surface area contributed by atoms with Gasteiger partial charge in [-0.15, -0.1) is 0 Å². The molecule has 1 aromatic carbocycles. The summed E-state index contributed by atoms with van der Waals surface area (Å²) in [5, 5.41) is 5.84. The number of quaternary nitrogens is 1. The Balaban J connectivity index is 2.42. The van der Waals surface area contributed by atoms with Crippen LogP contribution in [0, 0.1) is 6.92 Å². The van der Waals surface area contributed by atoms with E-state index in [-0.39, 0.29) is 24.4 Å². The number of benzene rings is 1. The lowest BCUT2D eigenvalue weighted by Crippen LogP contribution is -3.11. The zero-order chi connectivity index (χ0) is 17.4. The molecule has 0 saturated carbocycles. The van der Waals surface area contributed by atoms with E-state index in [0.29, 0.717) is 6.54 Å². The smallest absolute Gasteiger partial charge is 0.279 e. The summed E-state index contributed by atoms with van der Waals surface area (Å²) in [6, 6.07) is 5.89. The van der Waals surface area contributed by atoms with Crippen molar-refractivity contribution in [1.29, 1.82) is 0 Å². The molecule has 2 amide bonds. The summed E-state index contributed by atoms with van der Waals surface area (Å²) in [7, 11) is 1.85. The highest BCUT2D eigenvalue weighted by Crippen LogP contribution is 2.19. The van der Waals surface area contributed by atoms with Crippen LogP contribution in [0.5, 0.6) is 0 Å². The minimum absolute atomic E-state index is 0.0175. The van der Waals surface area contributed by atoms with Crippen LogP contribution in [0.2, 0.25) is 0 Å². The maximum Gasteiger partial charge on any atom is 0.279 e. The van der Waals surface area contributed by atoms with Crippen molar-refractivity contribution in [2.24, 2.45) is 0 Å². The molecule has 0 radical (unpaired) electrons. The third-order valence-corrected chi connectivity index (χ3v) is 4.01. The van der Waals surface area contributed by atoms with Gasteiger partial charge in [-0.05, 0) is 44.0 Å². The van der Waals surface area contributed by atoms with Gasteiger partial charge in [-0.3, -0.25) is 9.59 Å². The standard InChI is InChI=1S/C17H26BrN3O2/c1-5-6-13(3)19-16(22)10-21(4)11-17(23)20-15-8-7-14(18)9-12(15)2/h7-9,13H,5-6,10-11H2,1-4H3,(H,19,22)(H,20,23)/p+1/t13-/m0/s1. The van der Waals surface area contributed by atoms with Crippen molar-refractivity contribution in [2.75, 3.05) is 25.5 Å². The first-order chi connectivity index (χ1) is 10.8. The van der Waals surface area contributed by atoms with E-state index in [4.69, 9.17) is 0 Å². The molecule has 1 unspecified atom stereocenters. The first kappa shape index (κ1) is 19.6. The highest BCUT2D eigenvalue weighted by atomic mass is 79.9. The lowest BCUT2D eigenvalue weighted by Gasteiger charge is -2.17. The zero-order valence-corrected chi connectivity index (χ0v) is 15.9. The second-order valence-electron chi connectivity index (χ2n) is 6.08. The molecule has 0 saturated heterocycles. The molecule has 0 aromatic heterocycles. The molecule has 6 heteroatoms. The number of aryl methyl sites for hydroxylation is 1. The largest absolute Gasteiger partial charge is 0.349 e. The second-order valence-corrected chi connectivity index (χ2v) is 6.99. The van der Waals surface area contributed by atoms with Crippen molar-refractivity contribution >= 4 is 33.4 Å². The van der Waals surface area contributed by atoms with Crippen LogP contribution in [0.3, 0.4) is 0 Å². The van der Waals surface area contributed by atoms with Crippen molar-refractivity contribution in [2.45, 2.75) is 39.7 Å². The molecule has 128 valence electrons. The van der Waals surface area contributed by atoms with Crippen LogP contribution >= 0.6 is 15.9 Å². The summed E-state index contributed by atoms with van der Waals surface area (Å²) in [4.78, 5) is 24.9. The van der Waals surface area contributed by atoms with E-state index in [9.17, 15) is 9.59 Å². The molecule has 0 bridgehead atoms. The number of halogens is 1. The van der Waals surface area contributed by atoms with Gasteiger partial charge in [-0.2, -0.15) is 0 Å². The monoisotopic (exact) mass is 384 g/mol. The van der Waals surface area contributed by atoms with Crippen LogP contribution < -0.4 is 15.5 Å². The van der Waals surface area contributed by atoms with Crippen LogP contribution in [0.25, 0.3) is 0 Å². The van der Waals surface area contributed by atoms with Crippen LogP contribution in [0.4, 0.5) is 5.69 Å². The number of rotatable bonds is 8. The summed E-state index contributed by atoms with van der Waals surface area (Å²) < 4.78 is 0.980. The van der Waals surface area contributed by atoms with Gasteiger partial charge in [0.05, 0.1) is 7.05 Å². The third-order valence-electron chi connectivity index (χ3n) is 3.52. The third kappa shape index (κ3) is 7.61. The number of nitrogens with one attached hydrogen (secondary N) is 3. The summed E-state index contributed by atoms with van der Waals surface area (Å²) in [5.74, 6) is -0.113. The lowest BCUT2D eigenvalue weighted by molar-refractivity contribution is -0.862. The van der Waals surface area contributed by atoms with E-state index in [1.807, 2.05) is 39.1 Å². The molecular weight excluding hydrogens is 358 g/mol. The topological polar surface area (TPSA) is 62.6 Å². The van der Waals surface area contributed by atoms with Gasteiger partial charge in [0.1, 0.15) is 0 Å². The van der Waals surface area contributed by atoms with Gasteiger partial charge in [-0.25, -0.2) is 0 Å². The second kappa shape index (κ2) is 9.67. The maximum atomic E-state index is 12.1. The Morgan fingerprint density at radius 2 is 1.91 bits per heavy atom. The average molecular weight is 385 g/mol. The number of anilines is 1. The minimum atomic E-state index is -0.0951. The average Bonchev–Trinajstić information content (AvgIpc) is 2.41. The number of hydrogen-bond donors (Lipinski definition) is 3. The summed E-state index contributed by atoms with van der Waals surface area (Å²) >= 11 is 3.40. The van der Waals surface area contributed by atoms with Gasteiger partial charge in [-0.1, -0.05) is 29.3 Å². The fourth-order valence-corrected chi connectivity index (χ4v) is 2.88. The van der Waals surface area contributed by atoms with Crippen molar-refractivity contribution in [3.63, 3.8) is 0 Å². The first-order valence-corrected chi connectivity index (χ1v) is 8.77. The highest BCUT2D eigenvalue weighted by Gasteiger charge is 2.16. The van der Waals surface area contributed by atoms with Gasteiger partial charge in [0.25, 0.3) is 11.8 Å². The summed E-state index contributed by atoms with van der Waals surface area (Å²) in [6.07, 6.45) is 2.01. The molecule has 1 rings (SSSR count). The van der Waals surface area contributed by atoms with E-state index in [1.165, 1.54) is 0 Å². The molecular formula is C17H27BrN3O2+. The molecule has 0 aliphatic heterocycles. The Morgan fingerprint density at radius 3 is 2.52 bits per heavy atom. The van der Waals surface area contributed by atoms with Gasteiger partial charge in [0.2, 0.25) is 0 Å². The quantitative estimate of drug-likeness (QED) is 0.636. The molecule has 3 N–H and O–H groups in total. The lowest BCUT2D eigenvalue weighted by atomic mass is 10.2. The molecule has 2 atom stereocenters. The Kier molecular flexibility index (Phi) is 8.26. The normalized spacial score (nSPS) is 13.3. The molecule has 5 nitrogen and oxygen atoms in total. The minimum Gasteiger partial charge on any atom is -0.349 e.